The summed E-state index contributed by atoms with van der Waals surface area (Å²) in [6.45, 7) is 0.0795. The van der Waals surface area contributed by atoms with E-state index in [1.807, 2.05) is 0 Å². The molecule has 0 radical (unpaired) electrons. The van der Waals surface area contributed by atoms with Crippen molar-refractivity contribution in [2.75, 3.05) is 19.1 Å². The summed E-state index contributed by atoms with van der Waals surface area (Å²) in [5.41, 5.74) is 0.835. The minimum atomic E-state index is -3.28. The van der Waals surface area contributed by atoms with E-state index in [0.717, 1.165) is 5.56 Å². The van der Waals surface area contributed by atoms with Gasteiger partial charge in [0.2, 0.25) is 0 Å². The Hall–Kier alpha value is -0.230. The molecule has 0 saturated heterocycles. The fraction of sp³-hybridized carbons (Fsp3) is 0.455. The lowest BCUT2D eigenvalue weighted by Crippen LogP contribution is -2.02. The minimum Gasteiger partial charge on any atom is -0.396 e. The van der Waals surface area contributed by atoms with E-state index in [9.17, 15) is 8.42 Å². The van der Waals surface area contributed by atoms with Crippen LogP contribution in [0.2, 0.25) is 5.02 Å². The van der Waals surface area contributed by atoms with Crippen LogP contribution in [0.1, 0.15) is 12.0 Å². The highest BCUT2D eigenvalue weighted by Gasteiger charge is 2.17. The Bertz CT molecular complexity index is 498. The van der Waals surface area contributed by atoms with Gasteiger partial charge >= 0.3 is 0 Å². The maximum atomic E-state index is 11.7. The Kier molecular flexibility index (Phi) is 5.31. The van der Waals surface area contributed by atoms with Crippen molar-refractivity contribution in [3.63, 3.8) is 0 Å². The first-order chi connectivity index (χ1) is 7.90. The number of aliphatic hydroxyl groups is 1. The average molecular weight is 295 g/mol. The molecule has 1 rings (SSSR count). The summed E-state index contributed by atoms with van der Waals surface area (Å²) in [7, 11) is -3.28. The molecule has 0 bridgehead atoms. The van der Waals surface area contributed by atoms with Gasteiger partial charge in [0, 0.05) is 17.8 Å². The molecular formula is C11H15ClO3S2. The Balaban J connectivity index is 3.29. The summed E-state index contributed by atoms with van der Waals surface area (Å²) in [6, 6.07) is 3.40. The first-order valence-electron chi connectivity index (χ1n) is 5.07. The molecular weight excluding hydrogens is 280 g/mol. The van der Waals surface area contributed by atoms with Crippen LogP contribution in [-0.4, -0.2) is 32.6 Å². The van der Waals surface area contributed by atoms with Crippen molar-refractivity contribution in [2.24, 2.45) is 0 Å². The van der Waals surface area contributed by atoms with Crippen LogP contribution in [0.5, 0.6) is 0 Å². The Labute approximate surface area is 111 Å². The number of aliphatic hydroxyl groups excluding tert-OH is 1. The molecule has 0 fully saturated rings. The second-order valence-corrected chi connectivity index (χ2v) is 6.92. The number of thioether (sulfide) groups is 1. The molecule has 0 atom stereocenters. The summed E-state index contributed by atoms with van der Waals surface area (Å²) >= 11 is 7.39. The topological polar surface area (TPSA) is 54.4 Å². The highest BCUT2D eigenvalue weighted by molar-refractivity contribution is 7.99. The number of halogens is 1. The zero-order valence-electron chi connectivity index (χ0n) is 9.73. The predicted octanol–water partition coefficient (Wildman–Crippen LogP) is 2.39. The van der Waals surface area contributed by atoms with Gasteiger partial charge in [0.25, 0.3) is 0 Å². The van der Waals surface area contributed by atoms with Crippen LogP contribution in [-0.2, 0) is 16.3 Å². The average Bonchev–Trinajstić information content (AvgIpc) is 2.24. The summed E-state index contributed by atoms with van der Waals surface area (Å²) in [6.07, 6.45) is 4.18. The van der Waals surface area contributed by atoms with Gasteiger partial charge in [-0.15, -0.1) is 11.8 Å². The molecule has 17 heavy (non-hydrogen) atoms. The molecule has 1 aromatic carbocycles. The number of sulfone groups is 1. The second-order valence-electron chi connectivity index (χ2n) is 3.71. The van der Waals surface area contributed by atoms with Crippen LogP contribution < -0.4 is 0 Å². The SMILES string of the molecule is CSc1c(Cl)cc(CCCO)cc1S(C)(=O)=O. The summed E-state index contributed by atoms with van der Waals surface area (Å²) in [4.78, 5) is 0.854. The molecule has 0 aliphatic heterocycles. The molecule has 0 amide bonds. The molecule has 0 aromatic heterocycles. The number of rotatable bonds is 5. The van der Waals surface area contributed by atoms with Gasteiger partial charge in [0.15, 0.2) is 9.84 Å². The Morgan fingerprint density at radius 2 is 2.06 bits per heavy atom. The molecule has 0 aliphatic rings. The van der Waals surface area contributed by atoms with Crippen molar-refractivity contribution >= 4 is 33.2 Å². The quantitative estimate of drug-likeness (QED) is 0.847. The molecule has 0 aliphatic carbocycles. The number of hydrogen-bond acceptors (Lipinski definition) is 4. The molecule has 0 heterocycles. The van der Waals surface area contributed by atoms with Gasteiger partial charge in [-0.3, -0.25) is 0 Å². The molecule has 0 spiro atoms. The predicted molar refractivity (Wildman–Crippen MR) is 71.7 cm³/mol. The summed E-state index contributed by atoms with van der Waals surface area (Å²) in [5.74, 6) is 0. The Morgan fingerprint density at radius 1 is 1.41 bits per heavy atom. The van der Waals surface area contributed by atoms with E-state index in [0.29, 0.717) is 22.8 Å². The first-order valence-corrected chi connectivity index (χ1v) is 8.57. The lowest BCUT2D eigenvalue weighted by Gasteiger charge is -2.10. The zero-order chi connectivity index (χ0) is 13.1. The first kappa shape index (κ1) is 14.8. The van der Waals surface area contributed by atoms with Crippen molar-refractivity contribution in [3.05, 3.63) is 22.7 Å². The van der Waals surface area contributed by atoms with E-state index in [2.05, 4.69) is 0 Å². The molecule has 6 heteroatoms. The van der Waals surface area contributed by atoms with Crippen LogP contribution in [0.25, 0.3) is 0 Å². The van der Waals surface area contributed by atoms with Gasteiger partial charge in [-0.25, -0.2) is 8.42 Å². The van der Waals surface area contributed by atoms with Crippen molar-refractivity contribution in [1.82, 2.24) is 0 Å². The molecule has 1 N–H and O–H groups in total. The van der Waals surface area contributed by atoms with E-state index in [1.54, 1.807) is 18.4 Å². The van der Waals surface area contributed by atoms with Gasteiger partial charge in [0.1, 0.15) is 0 Å². The van der Waals surface area contributed by atoms with Crippen molar-refractivity contribution < 1.29 is 13.5 Å². The fourth-order valence-electron chi connectivity index (χ4n) is 1.52. The lowest BCUT2D eigenvalue weighted by molar-refractivity contribution is 0.288. The number of benzene rings is 1. The van der Waals surface area contributed by atoms with Crippen LogP contribution in [0.4, 0.5) is 0 Å². The standard InChI is InChI=1S/C11H15ClO3S2/c1-16-11-9(12)6-8(4-3-5-13)7-10(11)17(2,14)15/h6-7,13H,3-5H2,1-2H3. The third kappa shape index (κ3) is 3.88. The summed E-state index contributed by atoms with van der Waals surface area (Å²) < 4.78 is 23.3. The van der Waals surface area contributed by atoms with E-state index < -0.39 is 9.84 Å². The van der Waals surface area contributed by atoms with E-state index >= 15 is 0 Å². The largest absolute Gasteiger partial charge is 0.396 e. The van der Waals surface area contributed by atoms with Crippen molar-refractivity contribution in [1.29, 1.82) is 0 Å². The maximum absolute atomic E-state index is 11.7. The van der Waals surface area contributed by atoms with E-state index in [4.69, 9.17) is 16.7 Å². The minimum absolute atomic E-state index is 0.0795. The highest BCUT2D eigenvalue weighted by Crippen LogP contribution is 2.33. The van der Waals surface area contributed by atoms with E-state index in [-0.39, 0.29) is 11.5 Å². The summed E-state index contributed by atoms with van der Waals surface area (Å²) in [5, 5.41) is 9.22. The van der Waals surface area contributed by atoms with Gasteiger partial charge in [-0.2, -0.15) is 0 Å². The van der Waals surface area contributed by atoms with Gasteiger partial charge in [-0.05, 0) is 36.8 Å². The molecule has 1 aromatic rings. The van der Waals surface area contributed by atoms with Crippen LogP contribution in [0, 0.1) is 0 Å². The monoisotopic (exact) mass is 294 g/mol. The Morgan fingerprint density at radius 3 is 2.53 bits per heavy atom. The third-order valence-corrected chi connectivity index (χ3v) is 4.80. The van der Waals surface area contributed by atoms with Crippen LogP contribution >= 0.6 is 23.4 Å². The number of hydrogen-bond donors (Lipinski definition) is 1. The van der Waals surface area contributed by atoms with Gasteiger partial charge < -0.3 is 5.11 Å². The van der Waals surface area contributed by atoms with Crippen LogP contribution in [0.3, 0.4) is 0 Å². The van der Waals surface area contributed by atoms with Gasteiger partial charge in [0.05, 0.1) is 9.92 Å². The maximum Gasteiger partial charge on any atom is 0.176 e. The molecule has 96 valence electrons. The second kappa shape index (κ2) is 6.09. The van der Waals surface area contributed by atoms with Crippen LogP contribution in [0.15, 0.2) is 21.9 Å². The van der Waals surface area contributed by atoms with E-state index in [1.165, 1.54) is 18.0 Å². The lowest BCUT2D eigenvalue weighted by atomic mass is 10.1. The molecule has 0 saturated carbocycles. The normalized spacial score (nSPS) is 11.8. The van der Waals surface area contributed by atoms with Crippen molar-refractivity contribution in [3.8, 4) is 0 Å². The zero-order valence-corrected chi connectivity index (χ0v) is 12.1. The fourth-order valence-corrected chi connectivity index (χ4v) is 4.08. The molecule has 0 unspecified atom stereocenters. The molecule has 3 nitrogen and oxygen atoms in total. The number of aryl methyl sites for hydroxylation is 1. The smallest absolute Gasteiger partial charge is 0.176 e. The highest BCUT2D eigenvalue weighted by atomic mass is 35.5. The third-order valence-electron chi connectivity index (χ3n) is 2.30. The van der Waals surface area contributed by atoms with Crippen molar-refractivity contribution in [2.45, 2.75) is 22.6 Å². The van der Waals surface area contributed by atoms with Gasteiger partial charge in [-0.1, -0.05) is 11.6 Å².